The van der Waals surface area contributed by atoms with Crippen molar-refractivity contribution < 1.29 is 22.3 Å². The van der Waals surface area contributed by atoms with E-state index in [1.165, 1.54) is 10.0 Å². The van der Waals surface area contributed by atoms with Crippen LogP contribution in [-0.2, 0) is 27.8 Å². The topological polar surface area (TPSA) is 93.5 Å². The molecule has 0 spiro atoms. The maximum Gasteiger partial charge on any atom is 0.407 e. The zero-order valence-electron chi connectivity index (χ0n) is 23.7. The highest BCUT2D eigenvalue weighted by Gasteiger charge is 2.22. The molecule has 0 aliphatic rings. The van der Waals surface area contributed by atoms with Gasteiger partial charge in [0.1, 0.15) is 5.60 Å². The minimum absolute atomic E-state index is 0.216. The van der Waals surface area contributed by atoms with Crippen molar-refractivity contribution in [3.8, 4) is 0 Å². The molecule has 2 aromatic carbocycles. The number of halogens is 1. The quantitative estimate of drug-likeness (QED) is 0.161. The third-order valence-electron chi connectivity index (χ3n) is 6.43. The molecule has 0 aliphatic heterocycles. The summed E-state index contributed by atoms with van der Waals surface area (Å²) in [4.78, 5) is 18.3. The van der Waals surface area contributed by atoms with Crippen LogP contribution in [0.5, 0.6) is 0 Å². The van der Waals surface area contributed by atoms with Gasteiger partial charge in [-0.1, -0.05) is 48.9 Å². The molecule has 0 radical (unpaired) electrons. The first kappa shape index (κ1) is 30.2. The Bertz CT molecular complexity index is 1570. The van der Waals surface area contributed by atoms with Crippen molar-refractivity contribution in [1.82, 2.24) is 19.2 Å². The van der Waals surface area contributed by atoms with Crippen LogP contribution in [0, 0.1) is 5.95 Å². The molecule has 4 aromatic rings. The largest absolute Gasteiger partial charge is 0.444 e. The minimum atomic E-state index is -3.80. The molecule has 41 heavy (non-hydrogen) atoms. The van der Waals surface area contributed by atoms with Crippen molar-refractivity contribution in [1.29, 1.82) is 0 Å². The van der Waals surface area contributed by atoms with Crippen LogP contribution in [0.25, 0.3) is 10.9 Å². The van der Waals surface area contributed by atoms with Crippen molar-refractivity contribution >= 4 is 27.0 Å². The molecule has 4 rings (SSSR count). The Morgan fingerprint density at radius 3 is 2.41 bits per heavy atom. The summed E-state index contributed by atoms with van der Waals surface area (Å²) in [5.41, 5.74) is 1.50. The normalized spacial score (nSPS) is 12.1. The first-order valence-corrected chi connectivity index (χ1v) is 15.2. The predicted molar refractivity (Wildman–Crippen MR) is 157 cm³/mol. The van der Waals surface area contributed by atoms with E-state index in [-0.39, 0.29) is 4.90 Å². The lowest BCUT2D eigenvalue weighted by Crippen LogP contribution is -2.33. The van der Waals surface area contributed by atoms with Crippen LogP contribution < -0.4 is 5.32 Å². The zero-order chi connectivity index (χ0) is 29.5. The standard InChI is InChI=1S/C31H37FN4O4S/c1-31(2,3)40-30(37)33-19-10-5-11-20-35(23-25-13-12-18-29(32)34-25)21-24-22-36(28-17-9-8-16-27(24)28)41(38,39)26-14-6-4-7-15-26/h4,6-9,12-18,22H,5,10-11,19-21,23H2,1-3H3,(H,33,37). The van der Waals surface area contributed by atoms with Gasteiger partial charge in [-0.05, 0) is 76.1 Å². The van der Waals surface area contributed by atoms with Crippen LogP contribution in [0.3, 0.4) is 0 Å². The fraction of sp³-hybridized carbons (Fsp3) is 0.355. The zero-order valence-corrected chi connectivity index (χ0v) is 24.5. The summed E-state index contributed by atoms with van der Waals surface area (Å²) >= 11 is 0. The maximum absolute atomic E-state index is 13.9. The van der Waals surface area contributed by atoms with E-state index in [0.717, 1.165) is 30.2 Å². The Morgan fingerprint density at radius 1 is 0.951 bits per heavy atom. The Labute approximate surface area is 241 Å². The Kier molecular flexibility index (Phi) is 9.77. The summed E-state index contributed by atoms with van der Waals surface area (Å²) in [5.74, 6) is -0.541. The number of nitrogens with zero attached hydrogens (tertiary/aromatic N) is 3. The van der Waals surface area contributed by atoms with Crippen molar-refractivity contribution in [2.45, 2.75) is 63.6 Å². The number of unbranched alkanes of at least 4 members (excludes halogenated alkanes) is 2. The Balaban J connectivity index is 1.49. The monoisotopic (exact) mass is 580 g/mol. The van der Waals surface area contributed by atoms with E-state index in [1.807, 2.05) is 39.0 Å². The molecule has 2 heterocycles. The van der Waals surface area contributed by atoms with Gasteiger partial charge in [0.25, 0.3) is 10.0 Å². The lowest BCUT2D eigenvalue weighted by atomic mass is 10.1. The summed E-state index contributed by atoms with van der Waals surface area (Å²) in [6, 6.07) is 20.5. The van der Waals surface area contributed by atoms with Crippen LogP contribution in [0.1, 0.15) is 51.3 Å². The van der Waals surface area contributed by atoms with Crippen LogP contribution >= 0.6 is 0 Å². The summed E-state index contributed by atoms with van der Waals surface area (Å²) < 4.78 is 47.5. The molecule has 1 N–H and O–H groups in total. The highest BCUT2D eigenvalue weighted by Crippen LogP contribution is 2.27. The van der Waals surface area contributed by atoms with E-state index in [9.17, 15) is 17.6 Å². The van der Waals surface area contributed by atoms with Gasteiger partial charge >= 0.3 is 6.09 Å². The van der Waals surface area contributed by atoms with E-state index in [4.69, 9.17) is 4.74 Å². The predicted octanol–water partition coefficient (Wildman–Crippen LogP) is 6.11. The third-order valence-corrected chi connectivity index (χ3v) is 8.12. The number of hydrogen-bond acceptors (Lipinski definition) is 6. The van der Waals surface area contributed by atoms with E-state index < -0.39 is 27.7 Å². The number of fused-ring (bicyclic) bond motifs is 1. The molecule has 1 amide bonds. The van der Waals surface area contributed by atoms with Gasteiger partial charge in [0, 0.05) is 31.2 Å². The second-order valence-corrected chi connectivity index (χ2v) is 12.8. The van der Waals surface area contributed by atoms with E-state index >= 15 is 0 Å². The van der Waals surface area contributed by atoms with Crippen molar-refractivity contribution in [3.63, 3.8) is 0 Å². The molecule has 8 nitrogen and oxygen atoms in total. The Morgan fingerprint density at radius 2 is 1.68 bits per heavy atom. The highest BCUT2D eigenvalue weighted by atomic mass is 32.2. The van der Waals surface area contributed by atoms with Crippen LogP contribution in [0.4, 0.5) is 9.18 Å². The van der Waals surface area contributed by atoms with Gasteiger partial charge in [-0.25, -0.2) is 22.2 Å². The second kappa shape index (κ2) is 13.3. The highest BCUT2D eigenvalue weighted by molar-refractivity contribution is 7.90. The molecule has 0 unspecified atom stereocenters. The molecule has 0 saturated carbocycles. The first-order chi connectivity index (χ1) is 19.5. The van der Waals surface area contributed by atoms with Gasteiger partial charge in [0.05, 0.1) is 16.1 Å². The number of ether oxygens (including phenoxy) is 1. The SMILES string of the molecule is CC(C)(C)OC(=O)NCCCCCN(Cc1cccc(F)n1)Cc1cn(S(=O)(=O)c2ccccc2)c2ccccc12. The van der Waals surface area contributed by atoms with Crippen LogP contribution in [0.2, 0.25) is 0 Å². The van der Waals surface area contributed by atoms with E-state index in [1.54, 1.807) is 54.7 Å². The number of hydrogen-bond donors (Lipinski definition) is 1. The maximum atomic E-state index is 13.9. The lowest BCUT2D eigenvalue weighted by molar-refractivity contribution is 0.0526. The van der Waals surface area contributed by atoms with E-state index in [2.05, 4.69) is 15.2 Å². The number of alkyl carbamates (subject to hydrolysis) is 1. The average Bonchev–Trinajstić information content (AvgIpc) is 3.29. The number of rotatable bonds is 12. The number of nitrogens with one attached hydrogen (secondary N) is 1. The molecule has 2 aromatic heterocycles. The second-order valence-electron chi connectivity index (χ2n) is 10.9. The van der Waals surface area contributed by atoms with Gasteiger partial charge in [0.2, 0.25) is 5.95 Å². The van der Waals surface area contributed by atoms with Gasteiger partial charge in [-0.15, -0.1) is 0 Å². The molecule has 218 valence electrons. The molecule has 0 aliphatic carbocycles. The minimum Gasteiger partial charge on any atom is -0.444 e. The van der Waals surface area contributed by atoms with Crippen molar-refractivity contribution in [2.24, 2.45) is 0 Å². The number of para-hydroxylation sites is 1. The van der Waals surface area contributed by atoms with Gasteiger partial charge < -0.3 is 10.1 Å². The van der Waals surface area contributed by atoms with Crippen LogP contribution in [0.15, 0.2) is 83.9 Å². The summed E-state index contributed by atoms with van der Waals surface area (Å²) in [5, 5.41) is 3.62. The summed E-state index contributed by atoms with van der Waals surface area (Å²) in [7, 11) is -3.80. The number of amides is 1. The van der Waals surface area contributed by atoms with Gasteiger partial charge in [0.15, 0.2) is 0 Å². The number of aromatic nitrogens is 2. The summed E-state index contributed by atoms with van der Waals surface area (Å²) in [6.45, 7) is 7.50. The molecular weight excluding hydrogens is 543 g/mol. The lowest BCUT2D eigenvalue weighted by Gasteiger charge is -2.22. The van der Waals surface area contributed by atoms with Crippen molar-refractivity contribution in [2.75, 3.05) is 13.1 Å². The smallest absolute Gasteiger partial charge is 0.407 e. The summed E-state index contributed by atoms with van der Waals surface area (Å²) in [6.07, 6.45) is 3.71. The fourth-order valence-electron chi connectivity index (χ4n) is 4.61. The van der Waals surface area contributed by atoms with Crippen molar-refractivity contribution in [3.05, 3.63) is 96.2 Å². The molecule has 10 heteroatoms. The molecular formula is C31H37FN4O4S. The number of pyridine rings is 1. The number of carbonyl (C=O) groups excluding carboxylic acids is 1. The molecule has 0 saturated heterocycles. The third kappa shape index (κ3) is 8.37. The van der Waals surface area contributed by atoms with E-state index in [0.29, 0.717) is 37.4 Å². The van der Waals surface area contributed by atoms with Gasteiger partial charge in [-0.2, -0.15) is 4.39 Å². The average molecular weight is 581 g/mol. The fourth-order valence-corrected chi connectivity index (χ4v) is 6.03. The van der Waals surface area contributed by atoms with Gasteiger partial charge in [-0.3, -0.25) is 4.90 Å². The molecule has 0 atom stereocenters. The molecule has 0 fully saturated rings. The molecule has 0 bridgehead atoms. The number of carbonyl (C=O) groups is 1. The first-order valence-electron chi connectivity index (χ1n) is 13.7. The Hall–Kier alpha value is -3.76. The van der Waals surface area contributed by atoms with Crippen LogP contribution in [-0.4, -0.2) is 47.1 Å². The number of benzene rings is 2.